The number of carbonyl (C=O) groups is 2. The fraction of sp³-hybridized carbons (Fsp3) is 0.481. The van der Waals surface area contributed by atoms with E-state index >= 15 is 0 Å². The first-order chi connectivity index (χ1) is 18.1. The number of carbonyl (C=O) groups excluding carboxylic acids is 2. The zero-order valence-corrected chi connectivity index (χ0v) is 23.4. The molecule has 1 aliphatic heterocycles. The summed E-state index contributed by atoms with van der Waals surface area (Å²) in [7, 11) is -2.30. The molecule has 0 radical (unpaired) electrons. The second-order valence-electron chi connectivity index (χ2n) is 9.42. The van der Waals surface area contributed by atoms with Crippen LogP contribution in [0.3, 0.4) is 0 Å². The number of benzene rings is 2. The molecule has 0 aromatic heterocycles. The molecule has 0 saturated heterocycles. The highest BCUT2D eigenvalue weighted by molar-refractivity contribution is 7.92. The van der Waals surface area contributed by atoms with Gasteiger partial charge in [0.05, 0.1) is 18.6 Å². The van der Waals surface area contributed by atoms with Crippen molar-refractivity contribution in [1.82, 2.24) is 10.2 Å². The van der Waals surface area contributed by atoms with Crippen molar-refractivity contribution in [1.29, 1.82) is 0 Å². The molecule has 3 rings (SSSR count). The average molecular weight is 548 g/mol. The number of ether oxygens (including phenoxy) is 3. The van der Waals surface area contributed by atoms with Gasteiger partial charge in [0.15, 0.2) is 11.5 Å². The van der Waals surface area contributed by atoms with Gasteiger partial charge in [0.25, 0.3) is 0 Å². The molecule has 2 amide bonds. The van der Waals surface area contributed by atoms with E-state index in [0.717, 1.165) is 9.87 Å². The summed E-state index contributed by atoms with van der Waals surface area (Å²) in [6.07, 6.45) is 0. The van der Waals surface area contributed by atoms with E-state index in [1.807, 2.05) is 19.9 Å². The number of hydrogen-bond acceptors (Lipinski definition) is 7. The fourth-order valence-electron chi connectivity index (χ4n) is 3.91. The number of nitrogens with one attached hydrogen (secondary N) is 1. The third-order valence-electron chi connectivity index (χ3n) is 6.13. The molecule has 0 bridgehead atoms. The Hall–Kier alpha value is -3.47. The highest BCUT2D eigenvalue weighted by Gasteiger charge is 2.31. The van der Waals surface area contributed by atoms with Crippen molar-refractivity contribution < 1.29 is 32.2 Å². The van der Waals surface area contributed by atoms with Gasteiger partial charge >= 0.3 is 0 Å². The van der Waals surface area contributed by atoms with Crippen molar-refractivity contribution in [2.24, 2.45) is 5.92 Å². The molecule has 10 nitrogen and oxygen atoms in total. The van der Waals surface area contributed by atoms with E-state index in [1.165, 1.54) is 11.8 Å². The average Bonchev–Trinajstić information content (AvgIpc) is 2.92. The van der Waals surface area contributed by atoms with Gasteiger partial charge in [-0.15, -0.1) is 0 Å². The highest BCUT2D eigenvalue weighted by atomic mass is 32.2. The topological polar surface area (TPSA) is 114 Å². The maximum Gasteiger partial charge on any atom is 0.244 e. The molecule has 1 aliphatic rings. The van der Waals surface area contributed by atoms with Gasteiger partial charge in [-0.1, -0.05) is 26.0 Å². The molecule has 0 fully saturated rings. The lowest BCUT2D eigenvalue weighted by molar-refractivity contribution is -0.139. The minimum atomic E-state index is -3.85. The van der Waals surface area contributed by atoms with Gasteiger partial charge in [0.1, 0.15) is 31.5 Å². The number of hydrogen-bond donors (Lipinski definition) is 1. The van der Waals surface area contributed by atoms with Crippen LogP contribution >= 0.6 is 0 Å². The molecule has 2 aromatic rings. The smallest absolute Gasteiger partial charge is 0.244 e. The number of methoxy groups -OCH3 is 1. The summed E-state index contributed by atoms with van der Waals surface area (Å²) in [4.78, 5) is 28.1. The second kappa shape index (κ2) is 12.9. The summed E-state index contributed by atoms with van der Waals surface area (Å²) >= 11 is 0. The molecule has 38 heavy (non-hydrogen) atoms. The molecule has 2 aromatic carbocycles. The van der Waals surface area contributed by atoms with Crippen LogP contribution in [0, 0.1) is 5.92 Å². The Balaban J connectivity index is 1.94. The second-order valence-corrected chi connectivity index (χ2v) is 11.6. The normalized spacial score (nSPS) is 13.5. The third-order valence-corrected chi connectivity index (χ3v) is 7.87. The van der Waals surface area contributed by atoms with Crippen LogP contribution in [0.5, 0.6) is 17.2 Å². The van der Waals surface area contributed by atoms with Gasteiger partial charge in [-0.2, -0.15) is 0 Å². The minimum Gasteiger partial charge on any atom is -0.497 e. The van der Waals surface area contributed by atoms with E-state index in [2.05, 4.69) is 5.32 Å². The van der Waals surface area contributed by atoms with Crippen molar-refractivity contribution in [2.45, 2.75) is 40.3 Å². The van der Waals surface area contributed by atoms with E-state index in [-0.39, 0.29) is 29.8 Å². The molecule has 1 N–H and O–H groups in total. The van der Waals surface area contributed by atoms with E-state index in [9.17, 15) is 18.0 Å². The number of sulfonamides is 1. The van der Waals surface area contributed by atoms with E-state index in [4.69, 9.17) is 14.2 Å². The number of rotatable bonds is 12. The van der Waals surface area contributed by atoms with Crippen LogP contribution < -0.4 is 23.8 Å². The Morgan fingerprint density at radius 3 is 2.42 bits per heavy atom. The Labute approximate surface area is 224 Å². The quantitative estimate of drug-likeness (QED) is 0.435. The lowest BCUT2D eigenvalue weighted by Gasteiger charge is -2.32. The van der Waals surface area contributed by atoms with Gasteiger partial charge < -0.3 is 24.4 Å². The molecule has 0 unspecified atom stereocenters. The summed E-state index contributed by atoms with van der Waals surface area (Å²) in [6.45, 7) is 7.91. The summed E-state index contributed by atoms with van der Waals surface area (Å²) in [5, 5.41) is 2.87. The van der Waals surface area contributed by atoms with Crippen molar-refractivity contribution in [3.63, 3.8) is 0 Å². The van der Waals surface area contributed by atoms with Crippen molar-refractivity contribution in [3.05, 3.63) is 48.0 Å². The Kier molecular flexibility index (Phi) is 9.84. The first kappa shape index (κ1) is 29.1. The Bertz CT molecular complexity index is 1230. The van der Waals surface area contributed by atoms with Gasteiger partial charge in [-0.25, -0.2) is 8.42 Å². The third kappa shape index (κ3) is 7.31. The van der Waals surface area contributed by atoms with Crippen LogP contribution in [0.2, 0.25) is 0 Å². The van der Waals surface area contributed by atoms with E-state index < -0.39 is 28.5 Å². The molecule has 0 aliphatic carbocycles. The highest BCUT2D eigenvalue weighted by Crippen LogP contribution is 2.35. The van der Waals surface area contributed by atoms with Crippen LogP contribution in [-0.4, -0.2) is 70.3 Å². The van der Waals surface area contributed by atoms with Gasteiger partial charge in [-0.3, -0.25) is 13.9 Å². The standard InChI is InChI=1S/C27H37N3O7S/c1-6-38(33,34)30(22-10-11-24-25(15-22)37-13-12-36-24)18-26(31)29(20(4)27(32)28-16-19(2)3)17-21-8-7-9-23(14-21)35-5/h7-11,14-15,19-20H,6,12-13,16-18H2,1-5H3,(H,28,32)/t20-/m1/s1. The maximum atomic E-state index is 13.8. The lowest BCUT2D eigenvalue weighted by Crippen LogP contribution is -2.51. The predicted octanol–water partition coefficient (Wildman–Crippen LogP) is 2.81. The van der Waals surface area contributed by atoms with Crippen LogP contribution in [0.15, 0.2) is 42.5 Å². The largest absolute Gasteiger partial charge is 0.497 e. The van der Waals surface area contributed by atoms with Crippen LogP contribution in [0.25, 0.3) is 0 Å². The Morgan fingerprint density at radius 1 is 1.05 bits per heavy atom. The first-order valence-corrected chi connectivity index (χ1v) is 14.3. The van der Waals surface area contributed by atoms with Crippen LogP contribution in [0.4, 0.5) is 5.69 Å². The van der Waals surface area contributed by atoms with E-state index in [0.29, 0.717) is 37.0 Å². The zero-order chi connectivity index (χ0) is 27.9. The molecule has 1 heterocycles. The summed E-state index contributed by atoms with van der Waals surface area (Å²) in [5.41, 5.74) is 1.02. The lowest BCUT2D eigenvalue weighted by atomic mass is 10.1. The van der Waals surface area contributed by atoms with Crippen molar-refractivity contribution >= 4 is 27.5 Å². The van der Waals surface area contributed by atoms with Crippen molar-refractivity contribution in [3.8, 4) is 17.2 Å². The molecule has 208 valence electrons. The number of fused-ring (bicyclic) bond motifs is 1. The van der Waals surface area contributed by atoms with Gasteiger partial charge in [0.2, 0.25) is 21.8 Å². The minimum absolute atomic E-state index is 0.0907. The number of amides is 2. The Morgan fingerprint density at radius 2 is 1.76 bits per heavy atom. The number of nitrogens with zero attached hydrogens (tertiary/aromatic N) is 2. The van der Waals surface area contributed by atoms with Crippen LogP contribution in [-0.2, 0) is 26.2 Å². The SMILES string of the molecule is CCS(=O)(=O)N(CC(=O)N(Cc1cccc(OC)c1)[C@H](C)C(=O)NCC(C)C)c1ccc2c(c1)OCCO2. The maximum absolute atomic E-state index is 13.8. The molecule has 0 saturated carbocycles. The molecule has 1 atom stereocenters. The molecule has 11 heteroatoms. The zero-order valence-electron chi connectivity index (χ0n) is 22.6. The molecule has 0 spiro atoms. The molecular formula is C27H37N3O7S. The number of anilines is 1. The van der Waals surface area contributed by atoms with Crippen molar-refractivity contribution in [2.75, 3.05) is 43.5 Å². The van der Waals surface area contributed by atoms with Gasteiger partial charge in [0, 0.05) is 19.2 Å². The summed E-state index contributed by atoms with van der Waals surface area (Å²) < 4.78 is 43.8. The molecular weight excluding hydrogens is 510 g/mol. The van der Waals surface area contributed by atoms with Crippen LogP contribution in [0.1, 0.15) is 33.3 Å². The fourth-order valence-corrected chi connectivity index (χ4v) is 4.96. The van der Waals surface area contributed by atoms with Gasteiger partial charge in [-0.05, 0) is 49.6 Å². The van der Waals surface area contributed by atoms with E-state index in [1.54, 1.807) is 50.4 Å². The predicted molar refractivity (Wildman–Crippen MR) is 145 cm³/mol. The summed E-state index contributed by atoms with van der Waals surface area (Å²) in [6, 6.07) is 11.1. The monoisotopic (exact) mass is 547 g/mol. The first-order valence-electron chi connectivity index (χ1n) is 12.7. The summed E-state index contributed by atoms with van der Waals surface area (Å²) in [5.74, 6) is 0.704.